The number of amides is 1. The summed E-state index contributed by atoms with van der Waals surface area (Å²) >= 11 is 0. The molecule has 2 aromatic rings. The standard InChI is InChI=1S/C14H11FN2O3/c15-11-7-4-8-12(17(19)20)13(11)14(18)16-9-10-5-2-1-3-6-10/h1-8H,9H2,(H,16,18). The van der Waals surface area contributed by atoms with Crippen molar-refractivity contribution in [2.75, 3.05) is 0 Å². The molecule has 0 atom stereocenters. The average molecular weight is 274 g/mol. The minimum Gasteiger partial charge on any atom is -0.348 e. The fourth-order valence-corrected chi connectivity index (χ4v) is 1.76. The minimum absolute atomic E-state index is 0.172. The van der Waals surface area contributed by atoms with Crippen molar-refractivity contribution in [3.05, 3.63) is 75.6 Å². The highest BCUT2D eigenvalue weighted by atomic mass is 19.1. The van der Waals surface area contributed by atoms with Gasteiger partial charge in [-0.15, -0.1) is 0 Å². The van der Waals surface area contributed by atoms with Crippen molar-refractivity contribution in [2.45, 2.75) is 6.54 Å². The predicted octanol–water partition coefficient (Wildman–Crippen LogP) is 2.66. The Kier molecular flexibility index (Phi) is 4.05. The molecule has 0 saturated carbocycles. The summed E-state index contributed by atoms with van der Waals surface area (Å²) < 4.78 is 13.6. The highest BCUT2D eigenvalue weighted by Crippen LogP contribution is 2.21. The number of hydrogen-bond donors (Lipinski definition) is 1. The molecule has 2 aromatic carbocycles. The summed E-state index contributed by atoms with van der Waals surface area (Å²) in [7, 11) is 0. The molecule has 102 valence electrons. The summed E-state index contributed by atoms with van der Waals surface area (Å²) in [6.45, 7) is 0.172. The minimum atomic E-state index is -0.912. The van der Waals surface area contributed by atoms with Crippen molar-refractivity contribution in [3.8, 4) is 0 Å². The van der Waals surface area contributed by atoms with E-state index in [2.05, 4.69) is 5.32 Å². The third-order valence-electron chi connectivity index (χ3n) is 2.71. The lowest BCUT2D eigenvalue weighted by Crippen LogP contribution is -2.24. The molecule has 0 radical (unpaired) electrons. The number of carbonyl (C=O) groups is 1. The zero-order valence-corrected chi connectivity index (χ0v) is 10.4. The fourth-order valence-electron chi connectivity index (χ4n) is 1.76. The van der Waals surface area contributed by atoms with Gasteiger partial charge in [-0.05, 0) is 11.6 Å². The second-order valence-electron chi connectivity index (χ2n) is 4.06. The largest absolute Gasteiger partial charge is 0.348 e. The van der Waals surface area contributed by atoms with Crippen molar-refractivity contribution >= 4 is 11.6 Å². The maximum Gasteiger partial charge on any atom is 0.285 e. The predicted molar refractivity (Wildman–Crippen MR) is 70.7 cm³/mol. The van der Waals surface area contributed by atoms with Gasteiger partial charge in [-0.25, -0.2) is 4.39 Å². The van der Waals surface area contributed by atoms with Crippen LogP contribution in [0.4, 0.5) is 10.1 Å². The first kappa shape index (κ1) is 13.7. The third kappa shape index (κ3) is 2.97. The van der Waals surface area contributed by atoms with Crippen LogP contribution in [0.5, 0.6) is 0 Å². The van der Waals surface area contributed by atoms with Crippen LogP contribution in [0.15, 0.2) is 48.5 Å². The van der Waals surface area contributed by atoms with Crippen LogP contribution in [0.25, 0.3) is 0 Å². The van der Waals surface area contributed by atoms with Crippen molar-refractivity contribution < 1.29 is 14.1 Å². The molecule has 0 saturated heterocycles. The van der Waals surface area contributed by atoms with Gasteiger partial charge in [0.05, 0.1) is 4.92 Å². The number of nitrogens with one attached hydrogen (secondary N) is 1. The Balaban J connectivity index is 2.19. The first-order valence-corrected chi connectivity index (χ1v) is 5.84. The number of rotatable bonds is 4. The van der Waals surface area contributed by atoms with E-state index in [4.69, 9.17) is 0 Å². The molecular weight excluding hydrogens is 263 g/mol. The van der Waals surface area contributed by atoms with Crippen LogP contribution in [-0.4, -0.2) is 10.8 Å². The molecule has 1 N–H and O–H groups in total. The Morgan fingerprint density at radius 1 is 1.15 bits per heavy atom. The first-order chi connectivity index (χ1) is 9.59. The zero-order valence-electron chi connectivity index (χ0n) is 10.4. The molecule has 2 rings (SSSR count). The summed E-state index contributed by atoms with van der Waals surface area (Å²) in [5.41, 5.74) is -0.274. The van der Waals surface area contributed by atoms with Crippen LogP contribution < -0.4 is 5.32 Å². The van der Waals surface area contributed by atoms with Gasteiger partial charge >= 0.3 is 0 Å². The fraction of sp³-hybridized carbons (Fsp3) is 0.0714. The second kappa shape index (κ2) is 5.92. The molecule has 20 heavy (non-hydrogen) atoms. The third-order valence-corrected chi connectivity index (χ3v) is 2.71. The number of nitro groups is 1. The van der Waals surface area contributed by atoms with Crippen LogP contribution >= 0.6 is 0 Å². The van der Waals surface area contributed by atoms with Crippen LogP contribution in [0.3, 0.4) is 0 Å². The van der Waals surface area contributed by atoms with Crippen LogP contribution in [-0.2, 0) is 6.54 Å². The Bertz CT molecular complexity index is 644. The normalized spacial score (nSPS) is 10.1. The van der Waals surface area contributed by atoms with Gasteiger partial charge in [-0.3, -0.25) is 14.9 Å². The molecule has 0 fully saturated rings. The van der Waals surface area contributed by atoms with E-state index in [1.165, 1.54) is 6.07 Å². The van der Waals surface area contributed by atoms with E-state index in [0.29, 0.717) is 0 Å². The molecule has 0 aliphatic heterocycles. The summed E-state index contributed by atoms with van der Waals surface area (Å²) in [4.78, 5) is 21.9. The summed E-state index contributed by atoms with van der Waals surface area (Å²) in [6.07, 6.45) is 0. The average Bonchev–Trinajstić information content (AvgIpc) is 2.45. The number of benzene rings is 2. The molecular formula is C14H11FN2O3. The molecule has 1 amide bonds. The number of nitrogens with zero attached hydrogens (tertiary/aromatic N) is 1. The summed E-state index contributed by atoms with van der Waals surface area (Å²) in [5.74, 6) is -1.72. The smallest absolute Gasteiger partial charge is 0.285 e. The van der Waals surface area contributed by atoms with E-state index >= 15 is 0 Å². The highest BCUT2D eigenvalue weighted by Gasteiger charge is 2.23. The Hall–Kier alpha value is -2.76. The van der Waals surface area contributed by atoms with E-state index in [0.717, 1.165) is 17.7 Å². The topological polar surface area (TPSA) is 72.2 Å². The molecule has 0 unspecified atom stereocenters. The lowest BCUT2D eigenvalue weighted by Gasteiger charge is -2.06. The lowest BCUT2D eigenvalue weighted by molar-refractivity contribution is -0.385. The van der Waals surface area contributed by atoms with E-state index in [9.17, 15) is 19.3 Å². The molecule has 0 aliphatic carbocycles. The molecule has 0 aliphatic rings. The van der Waals surface area contributed by atoms with Crippen molar-refractivity contribution in [1.82, 2.24) is 5.32 Å². The van der Waals surface area contributed by atoms with Crippen molar-refractivity contribution in [1.29, 1.82) is 0 Å². The quantitative estimate of drug-likeness (QED) is 0.688. The van der Waals surface area contributed by atoms with E-state index < -0.39 is 27.9 Å². The van der Waals surface area contributed by atoms with E-state index in [1.807, 2.05) is 6.07 Å². The SMILES string of the molecule is O=C(NCc1ccccc1)c1c(F)cccc1[N+](=O)[O-]. The zero-order chi connectivity index (χ0) is 14.5. The molecule has 0 aromatic heterocycles. The van der Waals surface area contributed by atoms with Gasteiger partial charge in [0.25, 0.3) is 11.6 Å². The Morgan fingerprint density at radius 3 is 2.50 bits per heavy atom. The van der Waals surface area contributed by atoms with Gasteiger partial charge in [0, 0.05) is 12.6 Å². The summed E-state index contributed by atoms with van der Waals surface area (Å²) in [6, 6.07) is 12.3. The molecule has 0 bridgehead atoms. The molecule has 5 nitrogen and oxygen atoms in total. The van der Waals surface area contributed by atoms with E-state index in [1.54, 1.807) is 24.3 Å². The highest BCUT2D eigenvalue weighted by molar-refractivity contribution is 5.98. The molecule has 6 heteroatoms. The van der Waals surface area contributed by atoms with Crippen molar-refractivity contribution in [2.24, 2.45) is 0 Å². The Labute approximate surface area is 114 Å². The van der Waals surface area contributed by atoms with Crippen LogP contribution in [0.1, 0.15) is 15.9 Å². The Morgan fingerprint density at radius 2 is 1.85 bits per heavy atom. The van der Waals surface area contributed by atoms with Gasteiger partial charge < -0.3 is 5.32 Å². The van der Waals surface area contributed by atoms with Gasteiger partial charge in [-0.1, -0.05) is 36.4 Å². The van der Waals surface area contributed by atoms with Gasteiger partial charge in [-0.2, -0.15) is 0 Å². The number of halogens is 1. The van der Waals surface area contributed by atoms with Gasteiger partial charge in [0.15, 0.2) is 5.56 Å². The van der Waals surface area contributed by atoms with Gasteiger partial charge in [0.2, 0.25) is 0 Å². The maximum atomic E-state index is 13.6. The second-order valence-corrected chi connectivity index (χ2v) is 4.06. The van der Waals surface area contributed by atoms with E-state index in [-0.39, 0.29) is 6.54 Å². The number of hydrogen-bond acceptors (Lipinski definition) is 3. The lowest BCUT2D eigenvalue weighted by atomic mass is 10.1. The maximum absolute atomic E-state index is 13.6. The molecule has 0 spiro atoms. The van der Waals surface area contributed by atoms with Gasteiger partial charge in [0.1, 0.15) is 5.82 Å². The molecule has 0 heterocycles. The van der Waals surface area contributed by atoms with Crippen LogP contribution in [0.2, 0.25) is 0 Å². The first-order valence-electron chi connectivity index (χ1n) is 5.84. The summed E-state index contributed by atoms with van der Waals surface area (Å²) in [5, 5.41) is 13.3. The van der Waals surface area contributed by atoms with Crippen LogP contribution in [0, 0.1) is 15.9 Å². The number of carbonyl (C=O) groups excluding carboxylic acids is 1. The van der Waals surface area contributed by atoms with Crippen molar-refractivity contribution in [3.63, 3.8) is 0 Å². The monoisotopic (exact) mass is 274 g/mol. The number of nitro benzene ring substituents is 1.